The van der Waals surface area contributed by atoms with Gasteiger partial charge in [0, 0.05) is 37.3 Å². The molecule has 2 aliphatic rings. The molecule has 29 heavy (non-hydrogen) atoms. The number of carbonyl (C=O) groups excluding carboxylic acids is 1. The van der Waals surface area contributed by atoms with E-state index in [1.165, 1.54) is 5.56 Å². The van der Waals surface area contributed by atoms with Crippen LogP contribution < -0.4 is 4.74 Å². The van der Waals surface area contributed by atoms with Gasteiger partial charge in [0.15, 0.2) is 0 Å². The number of amides is 1. The van der Waals surface area contributed by atoms with Crippen LogP contribution in [0.25, 0.3) is 0 Å². The molecule has 7 heteroatoms. The molecule has 2 fully saturated rings. The number of aromatic nitrogens is 1. The number of halogens is 1. The van der Waals surface area contributed by atoms with E-state index in [4.69, 9.17) is 20.9 Å². The van der Waals surface area contributed by atoms with E-state index in [9.17, 15) is 4.79 Å². The molecule has 1 aromatic heterocycles. The molecule has 156 valence electrons. The fourth-order valence-corrected chi connectivity index (χ4v) is 4.70. The number of nitrogens with zero attached hydrogens (tertiary/aromatic N) is 3. The monoisotopic (exact) mass is 417 g/mol. The summed E-state index contributed by atoms with van der Waals surface area (Å²) in [6.45, 7) is 7.83. The molecule has 4 rings (SSSR count). The Morgan fingerprint density at radius 3 is 2.79 bits per heavy atom. The summed E-state index contributed by atoms with van der Waals surface area (Å²) >= 11 is 6.11. The van der Waals surface area contributed by atoms with Crippen molar-refractivity contribution in [3.8, 4) is 5.75 Å². The number of para-hydroxylation sites is 1. The molecule has 1 atom stereocenters. The van der Waals surface area contributed by atoms with Gasteiger partial charge in [0.05, 0.1) is 23.7 Å². The number of hydrogen-bond donors (Lipinski definition) is 0. The molecule has 0 unspecified atom stereocenters. The molecule has 3 heterocycles. The molecule has 2 aromatic rings. The van der Waals surface area contributed by atoms with Gasteiger partial charge >= 0.3 is 0 Å². The Balaban J connectivity index is 1.33. The highest BCUT2D eigenvalue weighted by molar-refractivity contribution is 6.32. The summed E-state index contributed by atoms with van der Waals surface area (Å²) in [5, 5.41) is 4.65. The molecule has 2 saturated heterocycles. The predicted octanol–water partition coefficient (Wildman–Crippen LogP) is 3.98. The van der Waals surface area contributed by atoms with Crippen molar-refractivity contribution in [1.82, 2.24) is 15.0 Å². The van der Waals surface area contributed by atoms with Gasteiger partial charge in [0.1, 0.15) is 11.5 Å². The molecule has 1 aromatic carbocycles. The van der Waals surface area contributed by atoms with Gasteiger partial charge < -0.3 is 14.2 Å². The number of likely N-dealkylation sites (tertiary alicyclic amines) is 2. The second-order valence-electron chi connectivity index (χ2n) is 8.15. The number of carbonyl (C=O) groups is 1. The lowest BCUT2D eigenvalue weighted by atomic mass is 9.77. The van der Waals surface area contributed by atoms with Gasteiger partial charge in [-0.05, 0) is 45.2 Å². The standard InChI is InChI=1S/C22H28ClN3O3/c1-16-18(17(2)29-24-16)14-26-12-10-22(26)9-5-11-25(15-22)21(27)8-13-28-20-7-4-3-6-19(20)23/h3-4,6-7H,5,8-15H2,1-2H3/t22-/m1/s1. The van der Waals surface area contributed by atoms with Gasteiger partial charge in [-0.3, -0.25) is 9.69 Å². The van der Waals surface area contributed by atoms with E-state index in [-0.39, 0.29) is 11.4 Å². The highest BCUT2D eigenvalue weighted by atomic mass is 35.5. The van der Waals surface area contributed by atoms with Crippen molar-refractivity contribution >= 4 is 17.5 Å². The molecule has 0 saturated carbocycles. The van der Waals surface area contributed by atoms with E-state index >= 15 is 0 Å². The van der Waals surface area contributed by atoms with E-state index in [1.54, 1.807) is 6.07 Å². The zero-order valence-corrected chi connectivity index (χ0v) is 17.9. The molecule has 2 aliphatic heterocycles. The third-order valence-electron chi connectivity index (χ3n) is 6.37. The van der Waals surface area contributed by atoms with Crippen LogP contribution in [0.15, 0.2) is 28.8 Å². The Bertz CT molecular complexity index is 864. The summed E-state index contributed by atoms with van der Waals surface area (Å²) in [5.41, 5.74) is 2.24. The normalized spacial score (nSPS) is 22.0. The summed E-state index contributed by atoms with van der Waals surface area (Å²) in [6, 6.07) is 7.35. The van der Waals surface area contributed by atoms with Crippen molar-refractivity contribution in [2.75, 3.05) is 26.2 Å². The molecule has 0 bridgehead atoms. The number of piperidine rings is 1. The van der Waals surface area contributed by atoms with Gasteiger partial charge in [-0.25, -0.2) is 0 Å². The predicted molar refractivity (Wildman–Crippen MR) is 111 cm³/mol. The lowest BCUT2D eigenvalue weighted by molar-refractivity contribution is -0.141. The summed E-state index contributed by atoms with van der Waals surface area (Å²) in [6.07, 6.45) is 3.67. The highest BCUT2D eigenvalue weighted by Gasteiger charge is 2.48. The van der Waals surface area contributed by atoms with E-state index < -0.39 is 0 Å². The zero-order valence-electron chi connectivity index (χ0n) is 17.1. The second kappa shape index (κ2) is 8.36. The van der Waals surface area contributed by atoms with E-state index in [1.807, 2.05) is 36.9 Å². The molecule has 1 spiro atoms. The maximum Gasteiger partial charge on any atom is 0.226 e. The Hall–Kier alpha value is -2.05. The van der Waals surface area contributed by atoms with Crippen molar-refractivity contribution in [3.05, 3.63) is 46.3 Å². The molecule has 6 nitrogen and oxygen atoms in total. The van der Waals surface area contributed by atoms with Crippen LogP contribution in [0.3, 0.4) is 0 Å². The number of ether oxygens (including phenoxy) is 1. The first-order chi connectivity index (χ1) is 14.0. The Kier molecular flexibility index (Phi) is 5.83. The van der Waals surface area contributed by atoms with Gasteiger partial charge in [-0.1, -0.05) is 28.9 Å². The van der Waals surface area contributed by atoms with Gasteiger partial charge in [-0.2, -0.15) is 0 Å². The van der Waals surface area contributed by atoms with E-state index in [0.717, 1.165) is 56.9 Å². The smallest absolute Gasteiger partial charge is 0.226 e. The number of hydrogen-bond acceptors (Lipinski definition) is 5. The summed E-state index contributed by atoms with van der Waals surface area (Å²) < 4.78 is 11.0. The molecule has 1 amide bonds. The Morgan fingerprint density at radius 1 is 1.28 bits per heavy atom. The van der Waals surface area contributed by atoms with Crippen molar-refractivity contribution in [1.29, 1.82) is 0 Å². The van der Waals surface area contributed by atoms with Crippen molar-refractivity contribution in [2.24, 2.45) is 0 Å². The minimum atomic E-state index is 0.0909. The molecular formula is C22H28ClN3O3. The van der Waals surface area contributed by atoms with Crippen LogP contribution in [-0.2, 0) is 11.3 Å². The highest BCUT2D eigenvalue weighted by Crippen LogP contribution is 2.40. The minimum Gasteiger partial charge on any atom is -0.491 e. The summed E-state index contributed by atoms with van der Waals surface area (Å²) in [7, 11) is 0. The third kappa shape index (κ3) is 4.14. The van der Waals surface area contributed by atoms with Crippen LogP contribution in [0, 0.1) is 13.8 Å². The maximum absolute atomic E-state index is 12.8. The number of rotatable bonds is 6. The Morgan fingerprint density at radius 2 is 2.10 bits per heavy atom. The lowest BCUT2D eigenvalue weighted by Gasteiger charge is -2.57. The van der Waals surface area contributed by atoms with Crippen LogP contribution in [0.2, 0.25) is 5.02 Å². The van der Waals surface area contributed by atoms with Crippen LogP contribution in [-0.4, -0.2) is 52.6 Å². The first-order valence-corrected chi connectivity index (χ1v) is 10.7. The van der Waals surface area contributed by atoms with Crippen LogP contribution in [0.1, 0.15) is 42.7 Å². The Labute approximate surface area is 176 Å². The molecular weight excluding hydrogens is 390 g/mol. The third-order valence-corrected chi connectivity index (χ3v) is 6.68. The topological polar surface area (TPSA) is 58.8 Å². The van der Waals surface area contributed by atoms with Gasteiger partial charge in [0.2, 0.25) is 5.91 Å². The largest absolute Gasteiger partial charge is 0.491 e. The fourth-order valence-electron chi connectivity index (χ4n) is 4.51. The number of aryl methyl sites for hydroxylation is 2. The lowest BCUT2D eigenvalue weighted by Crippen LogP contribution is -2.67. The molecule has 0 N–H and O–H groups in total. The first-order valence-electron chi connectivity index (χ1n) is 10.3. The summed E-state index contributed by atoms with van der Waals surface area (Å²) in [5.74, 6) is 1.67. The maximum atomic E-state index is 12.8. The van der Waals surface area contributed by atoms with Crippen molar-refractivity contribution in [3.63, 3.8) is 0 Å². The first kappa shape index (κ1) is 20.2. The van der Waals surface area contributed by atoms with Crippen LogP contribution >= 0.6 is 11.6 Å². The van der Waals surface area contributed by atoms with E-state index in [2.05, 4.69) is 10.1 Å². The van der Waals surface area contributed by atoms with Crippen molar-refractivity contribution < 1.29 is 14.1 Å². The average molecular weight is 418 g/mol. The zero-order chi connectivity index (χ0) is 20.4. The van der Waals surface area contributed by atoms with Crippen LogP contribution in [0.5, 0.6) is 5.75 Å². The van der Waals surface area contributed by atoms with Gasteiger partial charge in [-0.15, -0.1) is 0 Å². The molecule has 0 aliphatic carbocycles. The average Bonchev–Trinajstić information content (AvgIpc) is 3.04. The SMILES string of the molecule is Cc1noc(C)c1CN1CC[C@@]12CCCN(C(=O)CCOc1ccccc1Cl)C2. The second-order valence-corrected chi connectivity index (χ2v) is 8.55. The van der Waals surface area contributed by atoms with Crippen molar-refractivity contribution in [2.45, 2.75) is 51.6 Å². The van der Waals surface area contributed by atoms with Crippen LogP contribution in [0.4, 0.5) is 0 Å². The molecule has 0 radical (unpaired) electrons. The quantitative estimate of drug-likeness (QED) is 0.711. The number of benzene rings is 1. The van der Waals surface area contributed by atoms with E-state index in [0.29, 0.717) is 23.8 Å². The summed E-state index contributed by atoms with van der Waals surface area (Å²) in [4.78, 5) is 17.3. The van der Waals surface area contributed by atoms with Gasteiger partial charge in [0.25, 0.3) is 0 Å². The minimum absolute atomic E-state index is 0.0909. The fraction of sp³-hybridized carbons (Fsp3) is 0.545.